The minimum absolute atomic E-state index is 0. The summed E-state index contributed by atoms with van der Waals surface area (Å²) in [7, 11) is 2.23. The number of fused-ring (bicyclic) bond motifs is 1. The first-order valence-electron chi connectivity index (χ1n) is 7.23. The van der Waals surface area contributed by atoms with E-state index in [4.69, 9.17) is 0 Å². The number of thiophene rings is 1. The van der Waals surface area contributed by atoms with Gasteiger partial charge in [-0.15, -0.1) is 23.7 Å². The fraction of sp³-hybridized carbons (Fsp3) is 0.412. The van der Waals surface area contributed by atoms with Crippen LogP contribution in [0.25, 0.3) is 0 Å². The first-order chi connectivity index (χ1) is 9.67. The summed E-state index contributed by atoms with van der Waals surface area (Å²) in [5.41, 5.74) is 3.00. The summed E-state index contributed by atoms with van der Waals surface area (Å²) in [5.74, 6) is 0.527. The Kier molecular flexibility index (Phi) is 5.89. The van der Waals surface area contributed by atoms with Crippen LogP contribution in [0.3, 0.4) is 0 Å². The Morgan fingerprint density at radius 2 is 2.00 bits per heavy atom. The van der Waals surface area contributed by atoms with Gasteiger partial charge in [0.05, 0.1) is 0 Å². The van der Waals surface area contributed by atoms with Crippen molar-refractivity contribution in [3.8, 4) is 0 Å². The van der Waals surface area contributed by atoms with Gasteiger partial charge in [-0.2, -0.15) is 0 Å². The van der Waals surface area contributed by atoms with Crippen LogP contribution in [0.15, 0.2) is 34.8 Å². The van der Waals surface area contributed by atoms with Crippen LogP contribution in [-0.2, 0) is 13.0 Å². The molecule has 114 valence electrons. The highest BCUT2D eigenvalue weighted by molar-refractivity contribution is 9.10. The highest BCUT2D eigenvalue weighted by Gasteiger charge is 2.26. The van der Waals surface area contributed by atoms with Crippen molar-refractivity contribution in [2.75, 3.05) is 13.6 Å². The summed E-state index contributed by atoms with van der Waals surface area (Å²) in [6.07, 6.45) is 2.45. The maximum atomic E-state index is 3.53. The monoisotopic (exact) mass is 385 g/mol. The fourth-order valence-electron chi connectivity index (χ4n) is 2.99. The minimum atomic E-state index is 0. The van der Waals surface area contributed by atoms with Gasteiger partial charge in [-0.1, -0.05) is 41.4 Å². The Hall–Kier alpha value is -0.350. The van der Waals surface area contributed by atoms with Crippen LogP contribution in [0.4, 0.5) is 0 Å². The lowest BCUT2D eigenvalue weighted by Gasteiger charge is -2.30. The van der Waals surface area contributed by atoms with Crippen molar-refractivity contribution in [1.82, 2.24) is 4.90 Å². The zero-order chi connectivity index (χ0) is 14.1. The van der Waals surface area contributed by atoms with Gasteiger partial charge in [-0.3, -0.25) is 0 Å². The summed E-state index contributed by atoms with van der Waals surface area (Å²) >= 11 is 5.54. The average Bonchev–Trinajstić information content (AvgIpc) is 2.81. The van der Waals surface area contributed by atoms with Crippen molar-refractivity contribution in [3.63, 3.8) is 0 Å². The lowest BCUT2D eigenvalue weighted by atomic mass is 9.88. The number of halogens is 2. The van der Waals surface area contributed by atoms with Crippen LogP contribution in [-0.4, -0.2) is 18.5 Å². The van der Waals surface area contributed by atoms with Crippen molar-refractivity contribution >= 4 is 39.7 Å². The van der Waals surface area contributed by atoms with E-state index in [9.17, 15) is 0 Å². The number of hydrogen-bond acceptors (Lipinski definition) is 2. The fourth-order valence-corrected chi connectivity index (χ4v) is 4.67. The molecule has 0 aliphatic carbocycles. The number of rotatable bonds is 3. The van der Waals surface area contributed by atoms with Gasteiger partial charge in [0.25, 0.3) is 0 Å². The molecule has 0 N–H and O–H groups in total. The molecule has 0 fully saturated rings. The maximum Gasteiger partial charge on any atom is 0.0328 e. The second-order valence-corrected chi connectivity index (χ2v) is 7.78. The second kappa shape index (κ2) is 7.28. The third kappa shape index (κ3) is 3.70. The Bertz CT molecular complexity index is 593. The Labute approximate surface area is 145 Å². The first kappa shape index (κ1) is 17.0. The van der Waals surface area contributed by atoms with E-state index >= 15 is 0 Å². The maximum absolute atomic E-state index is 3.53. The summed E-state index contributed by atoms with van der Waals surface area (Å²) < 4.78 is 1.16. The summed E-state index contributed by atoms with van der Waals surface area (Å²) in [6, 6.07) is 11.3. The lowest BCUT2D eigenvalue weighted by Crippen LogP contribution is -2.29. The molecule has 21 heavy (non-hydrogen) atoms. The van der Waals surface area contributed by atoms with Gasteiger partial charge in [-0.25, -0.2) is 0 Å². The van der Waals surface area contributed by atoms with Gasteiger partial charge in [0.15, 0.2) is 0 Å². The van der Waals surface area contributed by atoms with Crippen LogP contribution >= 0.6 is 39.7 Å². The zero-order valence-electron chi connectivity index (χ0n) is 12.4. The normalized spacial score (nSPS) is 18.1. The van der Waals surface area contributed by atoms with Crippen LogP contribution in [0.2, 0.25) is 0 Å². The predicted molar refractivity (Wildman–Crippen MR) is 97.9 cm³/mol. The van der Waals surface area contributed by atoms with Crippen LogP contribution in [0.1, 0.15) is 40.1 Å². The third-order valence-corrected chi connectivity index (χ3v) is 5.67. The van der Waals surface area contributed by atoms with Crippen LogP contribution in [0.5, 0.6) is 0 Å². The van der Waals surface area contributed by atoms with Gasteiger partial charge in [0, 0.05) is 33.2 Å². The molecule has 1 unspecified atom stereocenters. The standard InChI is InChI=1S/C17H20BrNS.ClH/c1-3-4-14-9-15-16(10-19(2)11-17(15)20-14)12-5-7-13(18)8-6-12;/h5-9,16H,3-4,10-11H2,1-2H3;1H. The number of likely N-dealkylation sites (N-methyl/N-ethyl adjacent to an activating group) is 1. The highest BCUT2D eigenvalue weighted by Crippen LogP contribution is 2.38. The molecule has 2 aromatic rings. The molecule has 0 saturated carbocycles. The summed E-state index contributed by atoms with van der Waals surface area (Å²) in [6.45, 7) is 4.49. The topological polar surface area (TPSA) is 3.24 Å². The summed E-state index contributed by atoms with van der Waals surface area (Å²) in [4.78, 5) is 5.56. The molecule has 0 spiro atoms. The molecule has 1 aliphatic heterocycles. The van der Waals surface area contributed by atoms with E-state index in [1.54, 1.807) is 15.3 Å². The molecule has 0 saturated heterocycles. The quantitative estimate of drug-likeness (QED) is 0.677. The summed E-state index contributed by atoms with van der Waals surface area (Å²) in [5, 5.41) is 0. The molecule has 0 bridgehead atoms. The van der Waals surface area contributed by atoms with Crippen LogP contribution < -0.4 is 0 Å². The molecule has 0 amide bonds. The van der Waals surface area contributed by atoms with E-state index in [-0.39, 0.29) is 12.4 Å². The van der Waals surface area contributed by atoms with E-state index in [1.165, 1.54) is 18.4 Å². The molecule has 4 heteroatoms. The molecule has 3 rings (SSSR count). The van der Waals surface area contributed by atoms with Gasteiger partial charge in [0.2, 0.25) is 0 Å². The van der Waals surface area contributed by atoms with Crippen molar-refractivity contribution in [3.05, 3.63) is 55.7 Å². The number of aryl methyl sites for hydroxylation is 1. The Morgan fingerprint density at radius 3 is 2.67 bits per heavy atom. The van der Waals surface area contributed by atoms with Crippen molar-refractivity contribution in [2.45, 2.75) is 32.2 Å². The molecular weight excluding hydrogens is 366 g/mol. The predicted octanol–water partition coefficient (Wildman–Crippen LogP) is 5.46. The molecular formula is C17H21BrClNS. The van der Waals surface area contributed by atoms with Gasteiger partial charge in [0.1, 0.15) is 0 Å². The molecule has 1 aromatic carbocycles. The molecule has 0 radical (unpaired) electrons. The zero-order valence-corrected chi connectivity index (χ0v) is 15.7. The minimum Gasteiger partial charge on any atom is -0.300 e. The molecule has 2 heterocycles. The third-order valence-electron chi connectivity index (χ3n) is 3.94. The van der Waals surface area contributed by atoms with Gasteiger partial charge >= 0.3 is 0 Å². The molecule has 1 atom stereocenters. The Balaban J connectivity index is 0.00000161. The van der Waals surface area contributed by atoms with Gasteiger partial charge < -0.3 is 4.90 Å². The largest absolute Gasteiger partial charge is 0.300 e. The van der Waals surface area contributed by atoms with E-state index < -0.39 is 0 Å². The van der Waals surface area contributed by atoms with Crippen molar-refractivity contribution in [1.29, 1.82) is 0 Å². The molecule has 1 aromatic heterocycles. The number of hydrogen-bond donors (Lipinski definition) is 0. The Morgan fingerprint density at radius 1 is 1.29 bits per heavy atom. The van der Waals surface area contributed by atoms with E-state index in [2.05, 4.69) is 65.1 Å². The smallest absolute Gasteiger partial charge is 0.0328 e. The van der Waals surface area contributed by atoms with E-state index in [1.807, 2.05) is 11.3 Å². The second-order valence-electron chi connectivity index (χ2n) is 5.64. The first-order valence-corrected chi connectivity index (χ1v) is 8.83. The van der Waals surface area contributed by atoms with Crippen LogP contribution in [0, 0.1) is 0 Å². The average molecular weight is 387 g/mol. The van der Waals surface area contributed by atoms with E-state index in [0.717, 1.165) is 17.6 Å². The molecule has 1 aliphatic rings. The van der Waals surface area contributed by atoms with Crippen molar-refractivity contribution in [2.24, 2.45) is 0 Å². The van der Waals surface area contributed by atoms with Gasteiger partial charge in [-0.05, 0) is 42.8 Å². The number of benzene rings is 1. The molecule has 1 nitrogen and oxygen atoms in total. The van der Waals surface area contributed by atoms with E-state index in [0.29, 0.717) is 5.92 Å². The van der Waals surface area contributed by atoms with Crippen molar-refractivity contribution < 1.29 is 0 Å². The SMILES string of the molecule is CCCc1cc2c(s1)CN(C)CC2c1ccc(Br)cc1.Cl. The number of nitrogens with zero attached hydrogens (tertiary/aromatic N) is 1. The highest BCUT2D eigenvalue weighted by atomic mass is 79.9. The lowest BCUT2D eigenvalue weighted by molar-refractivity contribution is 0.299.